The summed E-state index contributed by atoms with van der Waals surface area (Å²) in [6.45, 7) is 13.8. The van der Waals surface area contributed by atoms with Crippen molar-refractivity contribution in [2.75, 3.05) is 0 Å². The van der Waals surface area contributed by atoms with Gasteiger partial charge in [0.15, 0.2) is 0 Å². The molecule has 0 bridgehead atoms. The zero-order valence-electron chi connectivity index (χ0n) is 16.4. The van der Waals surface area contributed by atoms with Gasteiger partial charge in [0, 0.05) is 0 Å². The molecule has 0 heterocycles. The number of fused-ring (bicyclic) bond motifs is 1. The Morgan fingerprint density at radius 2 is 1.69 bits per heavy atom. The number of hydrogen-bond acceptors (Lipinski definition) is 0. The van der Waals surface area contributed by atoms with E-state index in [0.29, 0.717) is 9.54 Å². The summed E-state index contributed by atoms with van der Waals surface area (Å²) in [5.41, 5.74) is 7.35. The molecule has 0 saturated carbocycles. The van der Waals surface area contributed by atoms with E-state index in [0.717, 1.165) is 0 Å². The Morgan fingerprint density at radius 1 is 1.08 bits per heavy atom. The van der Waals surface area contributed by atoms with Gasteiger partial charge in [-0.3, -0.25) is 0 Å². The first-order valence-corrected chi connectivity index (χ1v) is 22.6. The van der Waals surface area contributed by atoms with Crippen LogP contribution in [-0.4, -0.2) is 6.88 Å². The molecule has 0 radical (unpaired) electrons. The van der Waals surface area contributed by atoms with Crippen molar-refractivity contribution in [1.29, 1.82) is 0 Å². The van der Waals surface area contributed by atoms with Crippen molar-refractivity contribution in [2.24, 2.45) is 5.92 Å². The van der Waals surface area contributed by atoms with Gasteiger partial charge in [-0.25, -0.2) is 0 Å². The van der Waals surface area contributed by atoms with Crippen LogP contribution in [0.4, 0.5) is 0 Å². The number of benzene rings is 1. The minimum absolute atomic E-state index is 0. The maximum absolute atomic E-state index is 7.94. The molecule has 0 saturated heterocycles. The van der Waals surface area contributed by atoms with Gasteiger partial charge in [-0.05, 0) is 0 Å². The predicted molar refractivity (Wildman–Crippen MR) is 122 cm³/mol. The molecule has 1 aromatic carbocycles. The third-order valence-electron chi connectivity index (χ3n) is 6.58. The Labute approximate surface area is 177 Å². The van der Waals surface area contributed by atoms with Crippen LogP contribution in [0.1, 0.15) is 55.8 Å². The summed E-state index contributed by atoms with van der Waals surface area (Å²) in [6, 6.07) is 8.86. The molecule has 26 heavy (non-hydrogen) atoms. The molecule has 0 spiro atoms. The smallest absolute Gasteiger partial charge is 0.147 e. The fraction of sp³-hybridized carbons (Fsp3) is 0.429. The summed E-state index contributed by atoms with van der Waals surface area (Å²) in [5, 5.41) is 0. The number of hydrogen-bond donors (Lipinski definition) is 0. The molecule has 2 atom stereocenters. The summed E-state index contributed by atoms with van der Waals surface area (Å²) in [6.07, 6.45) is 5.91. The van der Waals surface area contributed by atoms with E-state index >= 15 is 0 Å². The average Bonchev–Trinajstić information content (AvgIpc) is 3.05. The van der Waals surface area contributed by atoms with Gasteiger partial charge in [0.05, 0.1) is 0 Å². The maximum Gasteiger partial charge on any atom is -0.147 e. The van der Waals surface area contributed by atoms with Crippen LogP contribution in [0.15, 0.2) is 50.3 Å². The van der Waals surface area contributed by atoms with Gasteiger partial charge in [0.1, 0.15) is 0 Å². The summed E-state index contributed by atoms with van der Waals surface area (Å²) < 4.78 is 3.29. The third kappa shape index (κ3) is 3.55. The summed E-state index contributed by atoms with van der Waals surface area (Å²) in [5.74, 6) is 0.512. The van der Waals surface area contributed by atoms with Gasteiger partial charge in [-0.1, -0.05) is 0 Å². The first-order valence-electron chi connectivity index (χ1n) is 9.12. The Hall–Kier alpha value is 0.410. The predicted octanol–water partition coefficient (Wildman–Crippen LogP) is 7.08. The molecule has 0 aromatic heterocycles. The fourth-order valence-electron chi connectivity index (χ4n) is 5.15. The normalized spacial score (nSPS) is 22.3. The van der Waals surface area contributed by atoms with E-state index in [1.807, 2.05) is 0 Å². The molecule has 0 N–H and O–H groups in total. The molecule has 2 aliphatic rings. The van der Waals surface area contributed by atoms with Crippen molar-refractivity contribution >= 4 is 46.3 Å². The Morgan fingerprint density at radius 3 is 2.23 bits per heavy atom. The molecular weight excluding hydrogens is 478 g/mol. The molecule has 0 aliphatic heterocycles. The van der Waals surface area contributed by atoms with Crippen molar-refractivity contribution in [2.45, 2.75) is 48.8 Å². The summed E-state index contributed by atoms with van der Waals surface area (Å²) in [7, 11) is 7.94. The van der Waals surface area contributed by atoms with Gasteiger partial charge in [0.2, 0.25) is 0 Å². The molecule has 2 unspecified atom stereocenters. The molecule has 0 amide bonds. The second-order valence-corrected chi connectivity index (χ2v) is 37.8. The molecule has 0 nitrogen and oxygen atoms in total. The van der Waals surface area contributed by atoms with Crippen LogP contribution in [0.5, 0.6) is 0 Å². The minimum atomic E-state index is -3.70. The maximum atomic E-state index is 7.94. The van der Waals surface area contributed by atoms with Crippen molar-refractivity contribution in [1.82, 2.24) is 0 Å². The van der Waals surface area contributed by atoms with Crippen molar-refractivity contribution in [3.05, 3.63) is 61.5 Å². The minimum Gasteiger partial charge on any atom is -0.147 e. The van der Waals surface area contributed by atoms with E-state index in [-0.39, 0.29) is 24.8 Å². The molecule has 144 valence electrons. The molecule has 0 fully saturated rings. The van der Waals surface area contributed by atoms with Crippen LogP contribution in [0, 0.1) is 5.92 Å². The number of halogens is 3. The van der Waals surface area contributed by atoms with Crippen molar-refractivity contribution in [3.8, 4) is 0 Å². The first-order chi connectivity index (χ1) is 11.2. The van der Waals surface area contributed by atoms with Crippen molar-refractivity contribution < 1.29 is 16.2 Å². The zero-order chi connectivity index (χ0) is 17.7. The molecule has 3 rings (SSSR count). The second-order valence-electron chi connectivity index (χ2n) is 7.91. The van der Waals surface area contributed by atoms with Gasteiger partial charge in [-0.15, -0.1) is 24.8 Å². The van der Waals surface area contributed by atoms with Gasteiger partial charge in [0.25, 0.3) is 0 Å². The van der Waals surface area contributed by atoms with E-state index in [1.165, 1.54) is 38.4 Å². The van der Waals surface area contributed by atoms with Crippen LogP contribution in [0.2, 0.25) is 4.13 Å². The first kappa shape index (κ1) is 24.4. The standard InChI is InChI=1S/C9H7.C9H13.C3H7.3ClH.H2Si.Zr/c1-2-5-9-7-3-6-8(9)4-1;1-6-5-7(2)9(4)8(6)3;1-3-2;;;;;/h1-7H;6H,1-4H3;1,3H2,2H3;3*1H;1H2;/q;;;;;;;+1/p-1. The number of allylic oxidation sites excluding steroid dienone is 5. The summed E-state index contributed by atoms with van der Waals surface area (Å²) >= 11 is -3.70. The van der Waals surface area contributed by atoms with E-state index in [4.69, 9.17) is 8.51 Å². The van der Waals surface area contributed by atoms with E-state index in [1.54, 1.807) is 3.28 Å². The average molecular weight is 509 g/mol. The largest absolute Gasteiger partial charge is 0.147 e. The van der Waals surface area contributed by atoms with E-state index < -0.39 is 16.2 Å². The summed E-state index contributed by atoms with van der Waals surface area (Å²) in [4.78, 5) is 0. The van der Waals surface area contributed by atoms with Crippen LogP contribution < -0.4 is 0 Å². The second kappa shape index (κ2) is 8.42. The molecular formula is C21H31Cl3SiZr. The fourth-order valence-corrected chi connectivity index (χ4v) is 31.1. The van der Waals surface area contributed by atoms with Crippen LogP contribution in [0.25, 0.3) is 6.08 Å². The van der Waals surface area contributed by atoms with E-state index in [2.05, 4.69) is 77.9 Å². The molecule has 1 aromatic rings. The van der Waals surface area contributed by atoms with Crippen LogP contribution >= 0.6 is 33.3 Å². The van der Waals surface area contributed by atoms with E-state index in [9.17, 15) is 0 Å². The SMILES string of the molecule is CC[CH2][Zr](=[SiH2])([Cl])([C]1=C(C)C(C)=C(C)C1C)[CH]1C=Cc2ccccc21.Cl.Cl. The quantitative estimate of drug-likeness (QED) is 0.381. The topological polar surface area (TPSA) is 0 Å². The Bertz CT molecular complexity index is 866. The Kier molecular flexibility index (Phi) is 7.92. The van der Waals surface area contributed by atoms with Crippen LogP contribution in [-0.2, 0) is 16.2 Å². The zero-order valence-corrected chi connectivity index (χ0v) is 22.7. The molecule has 2 aliphatic carbocycles. The van der Waals surface area contributed by atoms with Gasteiger partial charge in [-0.2, -0.15) is 0 Å². The van der Waals surface area contributed by atoms with Gasteiger partial charge >= 0.3 is 154 Å². The third-order valence-corrected chi connectivity index (χ3v) is 31.0. The molecule has 5 heteroatoms. The van der Waals surface area contributed by atoms with Crippen LogP contribution in [0.3, 0.4) is 0 Å². The van der Waals surface area contributed by atoms with Gasteiger partial charge < -0.3 is 0 Å². The number of rotatable bonds is 4. The Balaban J connectivity index is 0.00000169. The monoisotopic (exact) mass is 506 g/mol. The van der Waals surface area contributed by atoms with Crippen molar-refractivity contribution in [3.63, 3.8) is 0 Å².